The van der Waals surface area contributed by atoms with E-state index in [1.807, 2.05) is 0 Å². The minimum atomic E-state index is -3.65. The van der Waals surface area contributed by atoms with Crippen LogP contribution in [0.2, 0.25) is 0 Å². The van der Waals surface area contributed by atoms with E-state index in [0.29, 0.717) is 5.56 Å². The van der Waals surface area contributed by atoms with Crippen LogP contribution in [0.1, 0.15) is 5.56 Å². The minimum Gasteiger partial charge on any atom is -0.508 e. The van der Waals surface area contributed by atoms with Crippen molar-refractivity contribution in [2.75, 3.05) is 13.2 Å². The molecular formula is C27H32O16. The number of ether oxygens (including phenoxy) is 2. The van der Waals surface area contributed by atoms with Gasteiger partial charge in [0.05, 0.1) is 18.8 Å². The van der Waals surface area contributed by atoms with Gasteiger partial charge in [-0.15, -0.1) is 0 Å². The molecule has 2 aliphatic heterocycles. The zero-order chi connectivity index (χ0) is 32.0. The normalized spacial score (nSPS) is 39.3. The van der Waals surface area contributed by atoms with Crippen LogP contribution in [-0.4, -0.2) is 153 Å². The van der Waals surface area contributed by atoms with Crippen molar-refractivity contribution in [2.45, 2.75) is 66.6 Å². The Labute approximate surface area is 242 Å². The van der Waals surface area contributed by atoms with E-state index < -0.39 is 114 Å². The molecule has 0 amide bonds. The Hall–Kier alpha value is -3.26. The molecule has 16 heteroatoms. The molecular weight excluding hydrogens is 580 g/mol. The Balaban J connectivity index is 1.88. The third-order valence-corrected chi connectivity index (χ3v) is 7.69. The molecule has 0 spiro atoms. The van der Waals surface area contributed by atoms with Crippen LogP contribution in [0, 0.1) is 0 Å². The molecule has 0 aromatic heterocycles. The molecule has 3 aliphatic rings. The Bertz CT molecular complexity index is 1320. The molecule has 1 aromatic rings. The maximum Gasteiger partial charge on any atom is 0.219 e. The first-order valence-corrected chi connectivity index (χ1v) is 13.0. The van der Waals surface area contributed by atoms with E-state index >= 15 is 0 Å². The molecule has 43 heavy (non-hydrogen) atoms. The number of Topliss-reactive ketones (excluding diaryl/α,β-unsaturated/α-hetero) is 2. The second-order valence-corrected chi connectivity index (χ2v) is 10.4. The van der Waals surface area contributed by atoms with Gasteiger partial charge in [-0.05, 0) is 23.8 Å². The molecule has 0 bridgehead atoms. The quantitative estimate of drug-likeness (QED) is 0.0820. The highest BCUT2D eigenvalue weighted by Gasteiger charge is 2.65. The van der Waals surface area contributed by atoms with Crippen molar-refractivity contribution < 1.29 is 80.3 Å². The standard InChI is InChI=1S/C27H32O16/c28-7-13-17(33)20(36)22(38)26(43-13)27(41)24(39)14(11(30)6-3-9-1-4-10(29)5-2-9)18(34)15(25(27)40)19(35)23-21(37)16(32)12(31)8-42-23/h1-6,12-13,16-17,19-23,26,28-38,41H,7-8H2/t12-,13+,16+,17+,19+,20-,21-,22+,23+,26+,27-/m0/s1. The molecule has 11 atom stereocenters. The highest BCUT2D eigenvalue weighted by molar-refractivity contribution is 6.28. The summed E-state index contributed by atoms with van der Waals surface area (Å²) >= 11 is 0. The third-order valence-electron chi connectivity index (χ3n) is 7.69. The zero-order valence-electron chi connectivity index (χ0n) is 22.2. The van der Waals surface area contributed by atoms with Gasteiger partial charge in [0.2, 0.25) is 17.2 Å². The molecule has 0 unspecified atom stereocenters. The summed E-state index contributed by atoms with van der Waals surface area (Å²) in [5, 5.41) is 125. The maximum atomic E-state index is 13.8. The van der Waals surface area contributed by atoms with Gasteiger partial charge in [0.15, 0.2) is 0 Å². The topological polar surface area (TPSA) is 295 Å². The number of ketones is 2. The Morgan fingerprint density at radius 2 is 1.56 bits per heavy atom. The summed E-state index contributed by atoms with van der Waals surface area (Å²) < 4.78 is 10.4. The van der Waals surface area contributed by atoms with Gasteiger partial charge in [0.25, 0.3) is 0 Å². The van der Waals surface area contributed by atoms with Crippen molar-refractivity contribution in [3.05, 3.63) is 58.6 Å². The number of aliphatic hydroxyl groups is 11. The summed E-state index contributed by atoms with van der Waals surface area (Å²) in [6.45, 7) is -1.69. The van der Waals surface area contributed by atoms with Gasteiger partial charge in [-0.25, -0.2) is 0 Å². The molecule has 4 rings (SSSR count). The van der Waals surface area contributed by atoms with E-state index in [4.69, 9.17) is 9.47 Å². The summed E-state index contributed by atoms with van der Waals surface area (Å²) in [6.07, 6.45) is -18.7. The van der Waals surface area contributed by atoms with Crippen LogP contribution in [0.15, 0.2) is 53.0 Å². The number of carbonyl (C=O) groups excluding carboxylic acids is 2. The summed E-state index contributed by atoms with van der Waals surface area (Å²) in [7, 11) is 0. The summed E-state index contributed by atoms with van der Waals surface area (Å²) in [5.41, 5.74) is -5.76. The van der Waals surface area contributed by atoms with Gasteiger partial charge in [-0.1, -0.05) is 18.2 Å². The van der Waals surface area contributed by atoms with E-state index in [9.17, 15) is 70.9 Å². The average molecular weight is 613 g/mol. The fraction of sp³-hybridized carbons (Fsp3) is 0.481. The smallest absolute Gasteiger partial charge is 0.219 e. The van der Waals surface area contributed by atoms with Crippen LogP contribution in [0.4, 0.5) is 0 Å². The molecule has 16 nitrogen and oxygen atoms in total. The Kier molecular flexibility index (Phi) is 9.41. The molecule has 0 saturated carbocycles. The number of phenols is 1. The summed E-state index contributed by atoms with van der Waals surface area (Å²) in [4.78, 5) is 27.5. The van der Waals surface area contributed by atoms with E-state index in [1.54, 1.807) is 0 Å². The first-order chi connectivity index (χ1) is 20.2. The van der Waals surface area contributed by atoms with Gasteiger partial charge in [-0.2, -0.15) is 0 Å². The van der Waals surface area contributed by atoms with Crippen LogP contribution < -0.4 is 0 Å². The van der Waals surface area contributed by atoms with Gasteiger partial charge in [0.1, 0.15) is 83.9 Å². The Morgan fingerprint density at radius 1 is 0.930 bits per heavy atom. The molecule has 2 heterocycles. The lowest BCUT2D eigenvalue weighted by atomic mass is 9.69. The van der Waals surface area contributed by atoms with Crippen molar-refractivity contribution >= 4 is 17.6 Å². The van der Waals surface area contributed by atoms with Crippen LogP contribution in [0.5, 0.6) is 5.75 Å². The Morgan fingerprint density at radius 3 is 2.16 bits per heavy atom. The van der Waals surface area contributed by atoms with Crippen LogP contribution >= 0.6 is 0 Å². The second kappa shape index (κ2) is 12.4. The monoisotopic (exact) mass is 612 g/mol. The highest BCUT2D eigenvalue weighted by atomic mass is 16.6. The highest BCUT2D eigenvalue weighted by Crippen LogP contribution is 2.41. The summed E-state index contributed by atoms with van der Waals surface area (Å²) in [5.74, 6) is -6.22. The van der Waals surface area contributed by atoms with Crippen molar-refractivity contribution in [1.29, 1.82) is 0 Å². The molecule has 12 N–H and O–H groups in total. The van der Waals surface area contributed by atoms with Crippen molar-refractivity contribution in [2.24, 2.45) is 0 Å². The molecule has 0 radical (unpaired) electrons. The van der Waals surface area contributed by atoms with Gasteiger partial charge < -0.3 is 70.8 Å². The van der Waals surface area contributed by atoms with Crippen LogP contribution in [0.3, 0.4) is 0 Å². The number of hydrogen-bond donors (Lipinski definition) is 12. The van der Waals surface area contributed by atoms with Crippen LogP contribution in [-0.2, 0) is 19.1 Å². The lowest BCUT2D eigenvalue weighted by Gasteiger charge is -2.47. The lowest BCUT2D eigenvalue weighted by Crippen LogP contribution is -2.71. The second-order valence-electron chi connectivity index (χ2n) is 10.4. The molecule has 2 fully saturated rings. The third kappa shape index (κ3) is 5.59. The van der Waals surface area contributed by atoms with Crippen molar-refractivity contribution in [1.82, 2.24) is 0 Å². The number of benzene rings is 1. The molecule has 1 aromatic carbocycles. The van der Waals surface area contributed by atoms with Gasteiger partial charge in [0, 0.05) is 0 Å². The maximum absolute atomic E-state index is 13.8. The fourth-order valence-electron chi connectivity index (χ4n) is 5.18. The molecule has 236 valence electrons. The van der Waals surface area contributed by atoms with E-state index in [2.05, 4.69) is 0 Å². The first-order valence-electron chi connectivity index (χ1n) is 13.0. The lowest BCUT2D eigenvalue weighted by molar-refractivity contribution is -0.261. The van der Waals surface area contributed by atoms with Crippen molar-refractivity contribution in [3.63, 3.8) is 0 Å². The first kappa shape index (κ1) is 32.6. The van der Waals surface area contributed by atoms with Crippen molar-refractivity contribution in [3.8, 4) is 5.75 Å². The largest absolute Gasteiger partial charge is 0.508 e. The number of hydrogen-bond acceptors (Lipinski definition) is 16. The number of aromatic hydroxyl groups is 1. The molecule has 2 saturated heterocycles. The van der Waals surface area contributed by atoms with Gasteiger partial charge in [-0.3, -0.25) is 9.59 Å². The predicted octanol–water partition coefficient (Wildman–Crippen LogP) is -4.40. The number of aliphatic hydroxyl groups excluding tert-OH is 10. The molecule has 1 aliphatic carbocycles. The number of phenolic OH excluding ortho intramolecular Hbond substituents is 1. The number of allylic oxidation sites excluding steroid dienone is 2. The van der Waals surface area contributed by atoms with E-state index in [-0.39, 0.29) is 5.75 Å². The predicted molar refractivity (Wildman–Crippen MR) is 139 cm³/mol. The average Bonchev–Trinajstić information content (AvgIpc) is 2.97. The van der Waals surface area contributed by atoms with Crippen LogP contribution in [0.25, 0.3) is 6.08 Å². The summed E-state index contributed by atoms with van der Waals surface area (Å²) in [6, 6.07) is 5.37. The zero-order valence-corrected chi connectivity index (χ0v) is 22.2. The minimum absolute atomic E-state index is 0.0887. The fourth-order valence-corrected chi connectivity index (χ4v) is 5.18. The van der Waals surface area contributed by atoms with E-state index in [1.165, 1.54) is 30.3 Å². The van der Waals surface area contributed by atoms with Gasteiger partial charge >= 0.3 is 0 Å². The number of carbonyl (C=O) groups is 2. The number of rotatable bonds is 6. The SMILES string of the molecule is O=C1C(=C(O)C=Cc2ccc(O)cc2)C(O)=C([C@@H](O)[C@H]2OC[C@H](O)[C@@H](O)[C@@H]2O)C(=O)[C@]1(O)[C@@H]1O[C@H](CO)[C@@H](O)[C@H](O)[C@H]1O. The van der Waals surface area contributed by atoms with E-state index in [0.717, 1.165) is 6.08 Å².